The van der Waals surface area contributed by atoms with Gasteiger partial charge < -0.3 is 20.5 Å². The molecule has 1 amide bonds. The number of rotatable bonds is 5. The molecule has 0 bridgehead atoms. The molecule has 3 N–H and O–H groups in total. The summed E-state index contributed by atoms with van der Waals surface area (Å²) in [5, 5.41) is 14.8. The number of hydrogen-bond donors (Lipinski definition) is 3. The van der Waals surface area contributed by atoms with Crippen molar-refractivity contribution in [3.8, 4) is 0 Å². The third-order valence-corrected chi connectivity index (χ3v) is 3.32. The van der Waals surface area contributed by atoms with Crippen molar-refractivity contribution in [1.29, 1.82) is 0 Å². The average molecular weight is 278 g/mol. The normalized spacial score (nSPS) is 15.2. The number of nitrogens with one attached hydrogen (secondary N) is 2. The van der Waals surface area contributed by atoms with Crippen LogP contribution in [0.5, 0.6) is 0 Å². The molecule has 0 spiro atoms. The van der Waals surface area contributed by atoms with Gasteiger partial charge in [-0.15, -0.1) is 0 Å². The van der Waals surface area contributed by atoms with E-state index in [9.17, 15) is 9.59 Å². The Balaban J connectivity index is 2.19. The number of amides is 1. The summed E-state index contributed by atoms with van der Waals surface area (Å²) in [5.74, 6) is -1.47. The van der Waals surface area contributed by atoms with Crippen LogP contribution in [0.25, 0.3) is 0 Å². The fourth-order valence-electron chi connectivity index (χ4n) is 2.32. The highest BCUT2D eigenvalue weighted by atomic mass is 16.5. The molecule has 1 atom stereocenters. The van der Waals surface area contributed by atoms with Crippen molar-refractivity contribution >= 4 is 11.9 Å². The SMILES string of the molecule is COCC(NC(=O)c1cccc2c1CCNC2)C(=O)O. The summed E-state index contributed by atoms with van der Waals surface area (Å²) in [7, 11) is 1.40. The lowest BCUT2D eigenvalue weighted by Gasteiger charge is -2.21. The number of fused-ring (bicyclic) bond motifs is 1. The van der Waals surface area contributed by atoms with E-state index in [1.54, 1.807) is 6.07 Å². The first-order valence-corrected chi connectivity index (χ1v) is 6.47. The number of aliphatic carboxylic acids is 1. The predicted molar refractivity (Wildman–Crippen MR) is 72.6 cm³/mol. The van der Waals surface area contributed by atoms with Crippen LogP contribution in [0.2, 0.25) is 0 Å². The first-order valence-electron chi connectivity index (χ1n) is 6.47. The molecule has 20 heavy (non-hydrogen) atoms. The van der Waals surface area contributed by atoms with Gasteiger partial charge in [-0.3, -0.25) is 4.79 Å². The molecule has 6 heteroatoms. The summed E-state index contributed by atoms with van der Waals surface area (Å²) in [6.07, 6.45) is 0.765. The van der Waals surface area contributed by atoms with Gasteiger partial charge in [0.1, 0.15) is 0 Å². The van der Waals surface area contributed by atoms with Crippen molar-refractivity contribution in [2.45, 2.75) is 19.0 Å². The van der Waals surface area contributed by atoms with Crippen molar-refractivity contribution < 1.29 is 19.4 Å². The number of hydrogen-bond acceptors (Lipinski definition) is 4. The second-order valence-corrected chi connectivity index (χ2v) is 4.69. The van der Waals surface area contributed by atoms with Crippen LogP contribution in [0.1, 0.15) is 21.5 Å². The zero-order valence-corrected chi connectivity index (χ0v) is 11.3. The molecule has 0 radical (unpaired) electrons. The largest absolute Gasteiger partial charge is 0.480 e. The molecule has 0 aliphatic carbocycles. The van der Waals surface area contributed by atoms with Gasteiger partial charge in [-0.2, -0.15) is 0 Å². The highest BCUT2D eigenvalue weighted by Gasteiger charge is 2.23. The van der Waals surface area contributed by atoms with Crippen molar-refractivity contribution in [1.82, 2.24) is 10.6 Å². The number of carboxylic acids is 1. The molecule has 1 aliphatic rings. The third kappa shape index (κ3) is 3.15. The Hall–Kier alpha value is -1.92. The molecule has 1 heterocycles. The van der Waals surface area contributed by atoms with Gasteiger partial charge in [0.15, 0.2) is 6.04 Å². The first kappa shape index (κ1) is 14.5. The van der Waals surface area contributed by atoms with Gasteiger partial charge >= 0.3 is 5.97 Å². The molecule has 108 valence electrons. The van der Waals surface area contributed by atoms with E-state index in [1.807, 2.05) is 12.1 Å². The summed E-state index contributed by atoms with van der Waals surface area (Å²) in [5.41, 5.74) is 2.62. The second-order valence-electron chi connectivity index (χ2n) is 4.69. The van der Waals surface area contributed by atoms with E-state index in [4.69, 9.17) is 9.84 Å². The van der Waals surface area contributed by atoms with Gasteiger partial charge in [0.05, 0.1) is 6.61 Å². The van der Waals surface area contributed by atoms with Gasteiger partial charge in [0.25, 0.3) is 5.91 Å². The van der Waals surface area contributed by atoms with Crippen LogP contribution < -0.4 is 10.6 Å². The molecule has 6 nitrogen and oxygen atoms in total. The topological polar surface area (TPSA) is 87.7 Å². The van der Waals surface area contributed by atoms with Crippen molar-refractivity contribution in [3.05, 3.63) is 34.9 Å². The average Bonchev–Trinajstić information content (AvgIpc) is 2.46. The quantitative estimate of drug-likeness (QED) is 0.714. The molecule has 2 rings (SSSR count). The van der Waals surface area contributed by atoms with Crippen LogP contribution in [0, 0.1) is 0 Å². The number of carbonyl (C=O) groups excluding carboxylic acids is 1. The number of benzene rings is 1. The summed E-state index contributed by atoms with van der Waals surface area (Å²) in [6.45, 7) is 1.49. The van der Waals surface area contributed by atoms with E-state index in [0.29, 0.717) is 5.56 Å². The highest BCUT2D eigenvalue weighted by molar-refractivity contribution is 5.98. The fraction of sp³-hybridized carbons (Fsp3) is 0.429. The third-order valence-electron chi connectivity index (χ3n) is 3.32. The number of ether oxygens (including phenoxy) is 1. The number of carbonyl (C=O) groups is 2. The number of methoxy groups -OCH3 is 1. The van der Waals surface area contributed by atoms with E-state index in [2.05, 4.69) is 10.6 Å². The van der Waals surface area contributed by atoms with Crippen molar-refractivity contribution in [2.75, 3.05) is 20.3 Å². The van der Waals surface area contributed by atoms with E-state index < -0.39 is 12.0 Å². The molecule has 1 unspecified atom stereocenters. The lowest BCUT2D eigenvalue weighted by Crippen LogP contribution is -2.44. The van der Waals surface area contributed by atoms with Crippen molar-refractivity contribution in [2.24, 2.45) is 0 Å². The Morgan fingerprint density at radius 3 is 3.00 bits per heavy atom. The molecule has 0 aromatic heterocycles. The van der Waals surface area contributed by atoms with Gasteiger partial charge in [-0.25, -0.2) is 4.79 Å². The van der Waals surface area contributed by atoms with Crippen LogP contribution in [-0.4, -0.2) is 43.3 Å². The summed E-state index contributed by atoms with van der Waals surface area (Å²) >= 11 is 0. The van der Waals surface area contributed by atoms with Crippen LogP contribution in [0.4, 0.5) is 0 Å². The minimum Gasteiger partial charge on any atom is -0.480 e. The Bertz CT molecular complexity index is 516. The molecule has 1 aromatic rings. The van der Waals surface area contributed by atoms with E-state index in [1.165, 1.54) is 7.11 Å². The Labute approximate surface area is 117 Å². The fourth-order valence-corrected chi connectivity index (χ4v) is 2.32. The lowest BCUT2D eigenvalue weighted by molar-refractivity contribution is -0.140. The van der Waals surface area contributed by atoms with E-state index in [0.717, 1.165) is 30.6 Å². The second kappa shape index (κ2) is 6.49. The maximum absolute atomic E-state index is 12.3. The van der Waals surface area contributed by atoms with Crippen LogP contribution in [-0.2, 0) is 22.5 Å². The Morgan fingerprint density at radius 1 is 1.50 bits per heavy atom. The molecular weight excluding hydrogens is 260 g/mol. The summed E-state index contributed by atoms with van der Waals surface area (Å²) in [4.78, 5) is 23.3. The minimum absolute atomic E-state index is 0.0579. The zero-order chi connectivity index (χ0) is 14.5. The van der Waals surface area contributed by atoms with Crippen LogP contribution in [0.15, 0.2) is 18.2 Å². The van der Waals surface area contributed by atoms with E-state index in [-0.39, 0.29) is 12.5 Å². The maximum atomic E-state index is 12.3. The monoisotopic (exact) mass is 278 g/mol. The first-order chi connectivity index (χ1) is 9.63. The minimum atomic E-state index is -1.10. The standard InChI is InChI=1S/C14H18N2O4/c1-20-8-12(14(18)19)16-13(17)11-4-2-3-9-7-15-6-5-10(9)11/h2-4,12,15H,5-8H2,1H3,(H,16,17)(H,18,19). The molecule has 1 aromatic carbocycles. The highest BCUT2D eigenvalue weighted by Crippen LogP contribution is 2.18. The van der Waals surface area contributed by atoms with Crippen LogP contribution >= 0.6 is 0 Å². The summed E-state index contributed by atoms with van der Waals surface area (Å²) < 4.78 is 4.81. The Kier molecular flexibility index (Phi) is 4.70. The van der Waals surface area contributed by atoms with Gasteiger partial charge in [-0.05, 0) is 30.2 Å². The molecule has 0 fully saturated rings. The molecule has 1 aliphatic heterocycles. The van der Waals surface area contributed by atoms with Gasteiger partial charge in [0, 0.05) is 19.2 Å². The Morgan fingerprint density at radius 2 is 2.30 bits per heavy atom. The molecule has 0 saturated carbocycles. The molecule has 0 saturated heterocycles. The molecular formula is C14H18N2O4. The summed E-state index contributed by atoms with van der Waals surface area (Å²) in [6, 6.07) is 4.48. The lowest BCUT2D eigenvalue weighted by atomic mass is 9.95. The smallest absolute Gasteiger partial charge is 0.328 e. The van der Waals surface area contributed by atoms with Gasteiger partial charge in [-0.1, -0.05) is 12.1 Å². The van der Waals surface area contributed by atoms with E-state index >= 15 is 0 Å². The predicted octanol–water partition coefficient (Wildman–Crippen LogP) is 0.162. The van der Waals surface area contributed by atoms with Crippen molar-refractivity contribution in [3.63, 3.8) is 0 Å². The van der Waals surface area contributed by atoms with Gasteiger partial charge in [0.2, 0.25) is 0 Å². The zero-order valence-electron chi connectivity index (χ0n) is 11.3. The maximum Gasteiger partial charge on any atom is 0.328 e. The number of carboxylic acid groups (broad SMARTS) is 1. The van der Waals surface area contributed by atoms with Crippen LogP contribution in [0.3, 0.4) is 0 Å².